The fourth-order valence-corrected chi connectivity index (χ4v) is 3.34. The van der Waals surface area contributed by atoms with E-state index >= 15 is 0 Å². The molecule has 0 fully saturated rings. The first-order valence-corrected chi connectivity index (χ1v) is 9.08. The molecular formula is C24H17N3O2. The average molecular weight is 379 g/mol. The van der Waals surface area contributed by atoms with Crippen molar-refractivity contribution in [3.63, 3.8) is 0 Å². The van der Waals surface area contributed by atoms with Gasteiger partial charge in [0.1, 0.15) is 5.82 Å². The summed E-state index contributed by atoms with van der Waals surface area (Å²) in [5.74, 6) is 3.39. The molecule has 0 amide bonds. The van der Waals surface area contributed by atoms with E-state index < -0.39 is 4.92 Å². The Morgan fingerprint density at radius 1 is 0.862 bits per heavy atom. The van der Waals surface area contributed by atoms with Gasteiger partial charge in [-0.25, -0.2) is 4.98 Å². The van der Waals surface area contributed by atoms with Gasteiger partial charge in [0, 0.05) is 28.8 Å². The molecule has 0 aliphatic carbocycles. The van der Waals surface area contributed by atoms with Crippen LogP contribution in [0.4, 0.5) is 5.69 Å². The van der Waals surface area contributed by atoms with Crippen molar-refractivity contribution < 1.29 is 4.92 Å². The Morgan fingerprint density at radius 3 is 2.00 bits per heavy atom. The van der Waals surface area contributed by atoms with E-state index in [0.29, 0.717) is 12.4 Å². The number of hydrogen-bond donors (Lipinski definition) is 0. The largest absolute Gasteiger partial charge is 0.312 e. The van der Waals surface area contributed by atoms with Gasteiger partial charge in [-0.15, -0.1) is 6.42 Å². The van der Waals surface area contributed by atoms with Crippen LogP contribution in [0.2, 0.25) is 0 Å². The lowest BCUT2D eigenvalue weighted by Gasteiger charge is -2.10. The van der Waals surface area contributed by atoms with E-state index in [1.165, 1.54) is 12.1 Å². The molecule has 0 aliphatic heterocycles. The molecule has 0 atom stereocenters. The number of nitro groups is 1. The van der Waals surface area contributed by atoms with E-state index in [9.17, 15) is 10.1 Å². The summed E-state index contributed by atoms with van der Waals surface area (Å²) in [6, 6.07) is 26.2. The number of imidazole rings is 1. The van der Waals surface area contributed by atoms with Crippen LogP contribution < -0.4 is 0 Å². The van der Waals surface area contributed by atoms with E-state index in [0.717, 1.165) is 28.1 Å². The van der Waals surface area contributed by atoms with Crippen molar-refractivity contribution in [1.82, 2.24) is 9.55 Å². The molecule has 0 saturated heterocycles. The molecule has 1 aromatic heterocycles. The molecule has 29 heavy (non-hydrogen) atoms. The second kappa shape index (κ2) is 7.83. The summed E-state index contributed by atoms with van der Waals surface area (Å²) in [6.45, 7) is 0.330. The van der Waals surface area contributed by atoms with Crippen LogP contribution in [0.15, 0.2) is 84.9 Å². The Balaban J connectivity index is 1.98. The fraction of sp³-hybridized carbons (Fsp3) is 0.0417. The minimum Gasteiger partial charge on any atom is -0.312 e. The highest BCUT2D eigenvalue weighted by molar-refractivity contribution is 5.82. The average Bonchev–Trinajstić information content (AvgIpc) is 3.14. The fourth-order valence-electron chi connectivity index (χ4n) is 3.34. The third-order valence-electron chi connectivity index (χ3n) is 4.65. The highest BCUT2D eigenvalue weighted by Gasteiger charge is 2.21. The number of non-ortho nitro benzene ring substituents is 1. The van der Waals surface area contributed by atoms with Crippen LogP contribution in [0, 0.1) is 22.5 Å². The monoisotopic (exact) mass is 379 g/mol. The smallest absolute Gasteiger partial charge is 0.269 e. The zero-order valence-corrected chi connectivity index (χ0v) is 15.5. The summed E-state index contributed by atoms with van der Waals surface area (Å²) in [5, 5.41) is 11.0. The molecule has 0 radical (unpaired) electrons. The first kappa shape index (κ1) is 18.2. The van der Waals surface area contributed by atoms with Crippen LogP contribution in [0.5, 0.6) is 0 Å². The number of aromatic nitrogens is 2. The molecule has 0 unspecified atom stereocenters. The normalized spacial score (nSPS) is 10.4. The van der Waals surface area contributed by atoms with Crippen LogP contribution in [-0.2, 0) is 6.54 Å². The second-order valence-electron chi connectivity index (χ2n) is 6.46. The van der Waals surface area contributed by atoms with Crippen molar-refractivity contribution in [2.24, 2.45) is 0 Å². The van der Waals surface area contributed by atoms with E-state index in [2.05, 4.69) is 5.92 Å². The Morgan fingerprint density at radius 2 is 1.45 bits per heavy atom. The quantitative estimate of drug-likeness (QED) is 0.264. The minimum absolute atomic E-state index is 0.0374. The molecule has 5 heteroatoms. The molecule has 4 rings (SSSR count). The second-order valence-corrected chi connectivity index (χ2v) is 6.46. The summed E-state index contributed by atoms with van der Waals surface area (Å²) < 4.78 is 1.98. The van der Waals surface area contributed by atoms with Gasteiger partial charge in [-0.05, 0) is 12.1 Å². The number of rotatable bonds is 5. The first-order valence-electron chi connectivity index (χ1n) is 9.08. The lowest BCUT2D eigenvalue weighted by molar-refractivity contribution is -0.384. The zero-order valence-electron chi connectivity index (χ0n) is 15.5. The third kappa shape index (κ3) is 3.52. The van der Waals surface area contributed by atoms with Crippen LogP contribution in [0.25, 0.3) is 33.9 Å². The lowest BCUT2D eigenvalue weighted by atomic mass is 10.0. The summed E-state index contributed by atoms with van der Waals surface area (Å²) in [7, 11) is 0. The van der Waals surface area contributed by atoms with Crippen LogP contribution in [0.3, 0.4) is 0 Å². The molecule has 0 aliphatic rings. The number of benzene rings is 3. The maximum atomic E-state index is 11.0. The Labute approximate surface area is 168 Å². The van der Waals surface area contributed by atoms with Crippen molar-refractivity contribution in [3.05, 3.63) is 95.0 Å². The molecule has 4 aromatic rings. The third-order valence-corrected chi connectivity index (χ3v) is 4.65. The molecule has 0 spiro atoms. The van der Waals surface area contributed by atoms with Gasteiger partial charge in [-0.2, -0.15) is 0 Å². The van der Waals surface area contributed by atoms with Crippen LogP contribution in [0.1, 0.15) is 0 Å². The summed E-state index contributed by atoms with van der Waals surface area (Å²) in [4.78, 5) is 15.5. The molecule has 0 saturated carbocycles. The van der Waals surface area contributed by atoms with Gasteiger partial charge in [0.25, 0.3) is 5.69 Å². The SMILES string of the molecule is C#CCn1c(-c2ccc([N+](=O)[O-])cc2)nc(-c2ccccc2)c1-c1ccccc1. The molecular weight excluding hydrogens is 362 g/mol. The summed E-state index contributed by atoms with van der Waals surface area (Å²) in [5.41, 5.74) is 4.52. The Bertz CT molecular complexity index is 1190. The molecule has 140 valence electrons. The number of nitrogens with zero attached hydrogens (tertiary/aromatic N) is 3. The van der Waals surface area contributed by atoms with Gasteiger partial charge in [-0.3, -0.25) is 10.1 Å². The van der Waals surface area contributed by atoms with Crippen molar-refractivity contribution in [1.29, 1.82) is 0 Å². The highest BCUT2D eigenvalue weighted by atomic mass is 16.6. The Hall–Kier alpha value is -4.17. The highest BCUT2D eigenvalue weighted by Crippen LogP contribution is 2.36. The molecule has 1 heterocycles. The van der Waals surface area contributed by atoms with Gasteiger partial charge in [0.2, 0.25) is 0 Å². The van der Waals surface area contributed by atoms with Crippen LogP contribution >= 0.6 is 0 Å². The van der Waals surface area contributed by atoms with Gasteiger partial charge >= 0.3 is 0 Å². The van der Waals surface area contributed by atoms with Crippen molar-refractivity contribution in [2.75, 3.05) is 0 Å². The van der Waals surface area contributed by atoms with Gasteiger partial charge in [0.05, 0.1) is 22.9 Å². The van der Waals surface area contributed by atoms with Crippen LogP contribution in [-0.4, -0.2) is 14.5 Å². The van der Waals surface area contributed by atoms with Crippen molar-refractivity contribution in [3.8, 4) is 46.2 Å². The van der Waals surface area contributed by atoms with Gasteiger partial charge in [0.15, 0.2) is 0 Å². The first-order chi connectivity index (χ1) is 14.2. The Kier molecular flexibility index (Phi) is 4.91. The van der Waals surface area contributed by atoms with E-state index in [1.54, 1.807) is 12.1 Å². The zero-order chi connectivity index (χ0) is 20.2. The summed E-state index contributed by atoms with van der Waals surface area (Å²) in [6.07, 6.45) is 5.68. The standard InChI is InChI=1S/C24H17N3O2/c1-2-17-26-23(19-11-7-4-8-12-19)22(18-9-5-3-6-10-18)25-24(26)20-13-15-21(16-14-20)27(28)29/h1,3-16H,17H2. The number of hydrogen-bond acceptors (Lipinski definition) is 3. The lowest BCUT2D eigenvalue weighted by Crippen LogP contribution is -2.01. The molecule has 0 N–H and O–H groups in total. The van der Waals surface area contributed by atoms with E-state index in [-0.39, 0.29) is 5.69 Å². The topological polar surface area (TPSA) is 61.0 Å². The van der Waals surface area contributed by atoms with E-state index in [4.69, 9.17) is 11.4 Å². The van der Waals surface area contributed by atoms with Gasteiger partial charge in [-0.1, -0.05) is 66.6 Å². The maximum absolute atomic E-state index is 11.0. The molecule has 3 aromatic carbocycles. The van der Waals surface area contributed by atoms with E-state index in [1.807, 2.05) is 65.2 Å². The predicted molar refractivity (Wildman–Crippen MR) is 114 cm³/mol. The molecule has 0 bridgehead atoms. The number of nitro benzene ring substituents is 1. The number of terminal acetylenes is 1. The minimum atomic E-state index is -0.414. The molecule has 5 nitrogen and oxygen atoms in total. The van der Waals surface area contributed by atoms with Crippen molar-refractivity contribution >= 4 is 5.69 Å². The maximum Gasteiger partial charge on any atom is 0.269 e. The predicted octanol–water partition coefficient (Wildman–Crippen LogP) is 5.43. The summed E-state index contributed by atoms with van der Waals surface area (Å²) >= 11 is 0. The van der Waals surface area contributed by atoms with Crippen molar-refractivity contribution in [2.45, 2.75) is 6.54 Å². The van der Waals surface area contributed by atoms with Gasteiger partial charge < -0.3 is 4.57 Å².